The number of nitriles is 1. The van der Waals surface area contributed by atoms with Crippen molar-refractivity contribution in [2.24, 2.45) is 17.8 Å². The highest BCUT2D eigenvalue weighted by molar-refractivity contribution is 7.13. The minimum absolute atomic E-state index is 0.202. The summed E-state index contributed by atoms with van der Waals surface area (Å²) in [4.78, 5) is 1.79. The van der Waals surface area contributed by atoms with Gasteiger partial charge in [-0.1, -0.05) is 0 Å². The van der Waals surface area contributed by atoms with Crippen LogP contribution < -0.4 is 0 Å². The second-order valence-electron chi connectivity index (χ2n) is 6.63. The predicted molar refractivity (Wildman–Crippen MR) is 70.5 cm³/mol. The van der Waals surface area contributed by atoms with Crippen LogP contribution in [0.15, 0.2) is 6.07 Å². The van der Waals surface area contributed by atoms with Gasteiger partial charge in [-0.3, -0.25) is 0 Å². The first-order chi connectivity index (χ1) is 8.68. The summed E-state index contributed by atoms with van der Waals surface area (Å²) in [6.45, 7) is 0. The van der Waals surface area contributed by atoms with Crippen LogP contribution in [-0.2, 0) is 5.41 Å². The molecule has 1 N–H and O–H groups in total. The molecule has 0 amide bonds. The summed E-state index contributed by atoms with van der Waals surface area (Å²) >= 11 is 1.54. The molecule has 1 aromatic rings. The lowest BCUT2D eigenvalue weighted by Crippen LogP contribution is -2.48. The van der Waals surface area contributed by atoms with E-state index in [9.17, 15) is 5.11 Å². The molecule has 0 unspecified atom stereocenters. The van der Waals surface area contributed by atoms with E-state index in [-0.39, 0.29) is 5.75 Å². The summed E-state index contributed by atoms with van der Waals surface area (Å²) in [5.41, 5.74) is 0.312. The molecule has 0 aromatic carbocycles. The van der Waals surface area contributed by atoms with Gasteiger partial charge in [0.1, 0.15) is 16.7 Å². The summed E-state index contributed by atoms with van der Waals surface area (Å²) in [5, 5.41) is 18.8. The van der Waals surface area contributed by atoms with Gasteiger partial charge in [0.05, 0.1) is 0 Å². The zero-order chi connectivity index (χ0) is 12.3. The molecule has 4 aliphatic rings. The number of thiophene rings is 1. The molecule has 0 atom stereocenters. The van der Waals surface area contributed by atoms with Gasteiger partial charge in [-0.05, 0) is 62.3 Å². The Kier molecular flexibility index (Phi) is 2.12. The van der Waals surface area contributed by atoms with E-state index in [1.54, 1.807) is 0 Å². The molecule has 1 aromatic heterocycles. The maximum Gasteiger partial charge on any atom is 0.146 e. The predicted octanol–water partition coefficient (Wildman–Crippen LogP) is 3.79. The van der Waals surface area contributed by atoms with Crippen LogP contribution in [0.1, 0.15) is 48.3 Å². The molecule has 0 radical (unpaired) electrons. The first-order valence-corrected chi connectivity index (χ1v) is 7.73. The zero-order valence-electron chi connectivity index (χ0n) is 10.4. The number of aromatic hydroxyl groups is 1. The van der Waals surface area contributed by atoms with Gasteiger partial charge >= 0.3 is 0 Å². The fourth-order valence-electron chi connectivity index (χ4n) is 5.14. The van der Waals surface area contributed by atoms with Crippen LogP contribution in [0.4, 0.5) is 0 Å². The smallest absolute Gasteiger partial charge is 0.146 e. The van der Waals surface area contributed by atoms with E-state index in [0.29, 0.717) is 10.3 Å². The molecule has 5 rings (SSSR count). The zero-order valence-corrected chi connectivity index (χ0v) is 11.2. The van der Waals surface area contributed by atoms with Crippen molar-refractivity contribution >= 4 is 11.3 Å². The minimum Gasteiger partial charge on any atom is -0.506 e. The molecule has 4 saturated carbocycles. The van der Waals surface area contributed by atoms with Crippen LogP contribution in [0.3, 0.4) is 0 Å². The van der Waals surface area contributed by atoms with Crippen LogP contribution >= 0.6 is 11.3 Å². The van der Waals surface area contributed by atoms with Crippen molar-refractivity contribution in [2.45, 2.75) is 43.9 Å². The Bertz CT molecular complexity index is 504. The summed E-state index contributed by atoms with van der Waals surface area (Å²) in [6, 6.07) is 4.00. The third-order valence-corrected chi connectivity index (χ3v) is 6.65. The summed E-state index contributed by atoms with van der Waals surface area (Å²) < 4.78 is 0. The molecule has 4 fully saturated rings. The standard InChI is InChI=1S/C15H17NOS/c16-8-13-12(17)4-14(18-13)15-5-9-1-10(6-15)3-11(2-9)7-15/h4,9-11,17H,1-3,5-7H2. The number of rotatable bonds is 1. The van der Waals surface area contributed by atoms with Gasteiger partial charge in [0.2, 0.25) is 0 Å². The molecule has 4 bridgehead atoms. The number of nitrogens with zero attached hydrogens (tertiary/aromatic N) is 1. The van der Waals surface area contributed by atoms with Crippen molar-refractivity contribution in [1.82, 2.24) is 0 Å². The lowest BCUT2D eigenvalue weighted by atomic mass is 9.49. The second kappa shape index (κ2) is 3.51. The Hall–Kier alpha value is -1.01. The highest BCUT2D eigenvalue weighted by atomic mass is 32.1. The van der Waals surface area contributed by atoms with Crippen LogP contribution in [0.5, 0.6) is 5.75 Å². The van der Waals surface area contributed by atoms with Crippen molar-refractivity contribution in [3.63, 3.8) is 0 Å². The molecule has 4 aliphatic carbocycles. The lowest BCUT2D eigenvalue weighted by Gasteiger charge is -2.56. The van der Waals surface area contributed by atoms with E-state index >= 15 is 0 Å². The Balaban J connectivity index is 1.77. The topological polar surface area (TPSA) is 44.0 Å². The Morgan fingerprint density at radius 3 is 2.17 bits per heavy atom. The molecular weight excluding hydrogens is 242 g/mol. The highest BCUT2D eigenvalue weighted by Gasteiger charge is 2.52. The van der Waals surface area contributed by atoms with Gasteiger partial charge in [-0.25, -0.2) is 0 Å². The molecule has 1 heterocycles. The van der Waals surface area contributed by atoms with Crippen LogP contribution in [0.2, 0.25) is 0 Å². The van der Waals surface area contributed by atoms with Crippen molar-refractivity contribution in [1.29, 1.82) is 5.26 Å². The first-order valence-electron chi connectivity index (χ1n) is 6.92. The highest BCUT2D eigenvalue weighted by Crippen LogP contribution is 2.62. The Morgan fingerprint density at radius 1 is 1.17 bits per heavy atom. The number of hydrogen-bond donors (Lipinski definition) is 1. The van der Waals surface area contributed by atoms with Gasteiger partial charge in [0, 0.05) is 10.3 Å². The Labute approximate surface area is 111 Å². The quantitative estimate of drug-likeness (QED) is 0.833. The average molecular weight is 259 g/mol. The summed E-state index contributed by atoms with van der Waals surface area (Å²) in [7, 11) is 0. The van der Waals surface area contributed by atoms with Crippen molar-refractivity contribution in [3.05, 3.63) is 15.8 Å². The summed E-state index contributed by atoms with van der Waals surface area (Å²) in [6.07, 6.45) is 8.18. The van der Waals surface area contributed by atoms with E-state index in [1.807, 2.05) is 6.07 Å². The molecule has 18 heavy (non-hydrogen) atoms. The second-order valence-corrected chi connectivity index (χ2v) is 7.69. The van der Waals surface area contributed by atoms with Gasteiger partial charge in [-0.2, -0.15) is 5.26 Å². The normalized spacial score (nSPS) is 40.9. The fourth-order valence-corrected chi connectivity index (χ4v) is 6.20. The third kappa shape index (κ3) is 1.39. The Morgan fingerprint density at radius 2 is 1.72 bits per heavy atom. The fraction of sp³-hybridized carbons (Fsp3) is 0.667. The molecular formula is C15H17NOS. The maximum atomic E-state index is 9.82. The molecule has 3 heteroatoms. The van der Waals surface area contributed by atoms with Crippen molar-refractivity contribution in [2.75, 3.05) is 0 Å². The van der Waals surface area contributed by atoms with Crippen LogP contribution in [-0.4, -0.2) is 5.11 Å². The first kappa shape index (κ1) is 10.9. The molecule has 94 valence electrons. The molecule has 0 aliphatic heterocycles. The van der Waals surface area contributed by atoms with Crippen molar-refractivity contribution < 1.29 is 5.11 Å². The van der Waals surface area contributed by atoms with E-state index in [1.165, 1.54) is 54.7 Å². The molecule has 0 spiro atoms. The van der Waals surface area contributed by atoms with Gasteiger partial charge in [0.25, 0.3) is 0 Å². The number of hydrogen-bond acceptors (Lipinski definition) is 3. The largest absolute Gasteiger partial charge is 0.506 e. The van der Waals surface area contributed by atoms with Crippen LogP contribution in [0, 0.1) is 29.1 Å². The van der Waals surface area contributed by atoms with E-state index < -0.39 is 0 Å². The van der Waals surface area contributed by atoms with Crippen molar-refractivity contribution in [3.8, 4) is 11.8 Å². The summed E-state index contributed by atoms with van der Waals surface area (Å²) in [5.74, 6) is 2.93. The third-order valence-electron chi connectivity index (χ3n) is 5.37. The molecule has 0 saturated heterocycles. The average Bonchev–Trinajstić information content (AvgIpc) is 2.69. The maximum absolute atomic E-state index is 9.82. The van der Waals surface area contributed by atoms with Gasteiger partial charge in [-0.15, -0.1) is 11.3 Å². The molecule has 2 nitrogen and oxygen atoms in total. The minimum atomic E-state index is 0.202. The van der Waals surface area contributed by atoms with Crippen LogP contribution in [0.25, 0.3) is 0 Å². The van der Waals surface area contributed by atoms with Gasteiger partial charge < -0.3 is 5.11 Å². The lowest BCUT2D eigenvalue weighted by molar-refractivity contribution is -0.00352. The monoisotopic (exact) mass is 259 g/mol. The van der Waals surface area contributed by atoms with E-state index in [0.717, 1.165) is 17.8 Å². The van der Waals surface area contributed by atoms with E-state index in [4.69, 9.17) is 5.26 Å². The van der Waals surface area contributed by atoms with Gasteiger partial charge in [0.15, 0.2) is 0 Å². The van der Waals surface area contributed by atoms with E-state index in [2.05, 4.69) is 6.07 Å². The SMILES string of the molecule is N#Cc1sc(C23CC4CC(CC(C4)C2)C3)cc1O.